The van der Waals surface area contributed by atoms with E-state index in [2.05, 4.69) is 15.7 Å². The molecule has 0 atom stereocenters. The second-order valence-corrected chi connectivity index (χ2v) is 5.05. The van der Waals surface area contributed by atoms with E-state index in [0.717, 1.165) is 0 Å². The van der Waals surface area contributed by atoms with Gasteiger partial charge in [-0.2, -0.15) is 5.10 Å². The van der Waals surface area contributed by atoms with Crippen molar-refractivity contribution < 1.29 is 9.59 Å². The van der Waals surface area contributed by atoms with Gasteiger partial charge in [-0.15, -0.1) is 0 Å². The molecule has 0 radical (unpaired) electrons. The average molecular weight is 327 g/mol. The van der Waals surface area contributed by atoms with E-state index < -0.39 is 5.91 Å². The number of carbonyl (C=O) groups is 2. The molecule has 21 heavy (non-hydrogen) atoms. The van der Waals surface area contributed by atoms with Crippen LogP contribution in [0.15, 0.2) is 30.5 Å². The van der Waals surface area contributed by atoms with Crippen molar-refractivity contribution >= 4 is 40.8 Å². The number of aromatic nitrogens is 2. The molecule has 1 heterocycles. The lowest BCUT2D eigenvalue weighted by atomic mass is 10.2. The molecule has 0 unspecified atom stereocenters. The van der Waals surface area contributed by atoms with Crippen LogP contribution < -0.4 is 10.6 Å². The number of rotatable bonds is 4. The number of amides is 2. The molecule has 2 amide bonds. The predicted octanol–water partition coefficient (Wildman–Crippen LogP) is 2.10. The van der Waals surface area contributed by atoms with Crippen LogP contribution in [0, 0.1) is 0 Å². The maximum atomic E-state index is 11.9. The van der Waals surface area contributed by atoms with E-state index in [9.17, 15) is 9.59 Å². The number of nitrogens with one attached hydrogen (secondary N) is 2. The number of hydrogen-bond acceptors (Lipinski definition) is 3. The van der Waals surface area contributed by atoms with Crippen molar-refractivity contribution in [1.82, 2.24) is 15.1 Å². The Morgan fingerprint density at radius 2 is 2.00 bits per heavy atom. The van der Waals surface area contributed by atoms with Gasteiger partial charge in [0.05, 0.1) is 16.6 Å². The second-order valence-electron chi connectivity index (χ2n) is 4.23. The van der Waals surface area contributed by atoms with Crippen molar-refractivity contribution in [3.8, 4) is 0 Å². The molecule has 2 rings (SSSR count). The summed E-state index contributed by atoms with van der Waals surface area (Å²) in [6.07, 6.45) is 1.70. The maximum absolute atomic E-state index is 11.9. The average Bonchev–Trinajstić information content (AvgIpc) is 2.84. The number of hydrogen-bond donors (Lipinski definition) is 2. The van der Waals surface area contributed by atoms with Crippen molar-refractivity contribution in [2.24, 2.45) is 7.05 Å². The largest absolute Gasteiger partial charge is 0.343 e. The van der Waals surface area contributed by atoms with Gasteiger partial charge in [-0.3, -0.25) is 14.3 Å². The highest BCUT2D eigenvalue weighted by atomic mass is 35.5. The van der Waals surface area contributed by atoms with Gasteiger partial charge in [0.1, 0.15) is 0 Å². The topological polar surface area (TPSA) is 76.0 Å². The Balaban J connectivity index is 1.88. The fourth-order valence-corrected chi connectivity index (χ4v) is 1.87. The highest BCUT2D eigenvalue weighted by Gasteiger charge is 2.10. The monoisotopic (exact) mass is 326 g/mol. The van der Waals surface area contributed by atoms with Crippen molar-refractivity contribution in [1.29, 1.82) is 0 Å². The number of aryl methyl sites for hydroxylation is 1. The van der Waals surface area contributed by atoms with Crippen molar-refractivity contribution in [2.75, 3.05) is 11.9 Å². The molecule has 0 fully saturated rings. The van der Waals surface area contributed by atoms with E-state index in [-0.39, 0.29) is 17.5 Å². The number of benzene rings is 1. The summed E-state index contributed by atoms with van der Waals surface area (Å²) in [6, 6.07) is 6.14. The third-order valence-corrected chi connectivity index (χ3v) is 3.31. The first kappa shape index (κ1) is 15.3. The molecule has 0 spiro atoms. The summed E-state index contributed by atoms with van der Waals surface area (Å²) in [5.41, 5.74) is 0.329. The van der Waals surface area contributed by atoms with E-state index in [0.29, 0.717) is 16.4 Å². The van der Waals surface area contributed by atoms with Crippen LogP contribution in [0.5, 0.6) is 0 Å². The summed E-state index contributed by atoms with van der Waals surface area (Å²) < 4.78 is 1.56. The lowest BCUT2D eigenvalue weighted by Gasteiger charge is -2.06. The molecule has 0 aliphatic rings. The Labute approximate surface area is 131 Å². The first-order chi connectivity index (χ1) is 9.95. The number of halogens is 2. The SMILES string of the molecule is Cn1ccc(NC(=O)CNC(=O)c2ccc(Cl)c(Cl)c2)n1. The molecule has 0 aliphatic carbocycles. The minimum atomic E-state index is -0.412. The normalized spacial score (nSPS) is 10.2. The second kappa shape index (κ2) is 6.60. The maximum Gasteiger partial charge on any atom is 0.251 e. The standard InChI is InChI=1S/C13H12Cl2N4O2/c1-19-5-4-11(18-19)17-12(20)7-16-13(21)8-2-3-9(14)10(15)6-8/h2-6H,7H2,1H3,(H,16,21)(H,17,18,20). The van der Waals surface area contributed by atoms with Gasteiger partial charge in [0.15, 0.2) is 5.82 Å². The third-order valence-electron chi connectivity index (χ3n) is 2.57. The molecular weight excluding hydrogens is 315 g/mol. The molecule has 0 bridgehead atoms. The molecule has 0 aliphatic heterocycles. The number of carbonyl (C=O) groups excluding carboxylic acids is 2. The van der Waals surface area contributed by atoms with Crippen molar-refractivity contribution in [2.45, 2.75) is 0 Å². The lowest BCUT2D eigenvalue weighted by Crippen LogP contribution is -2.32. The van der Waals surface area contributed by atoms with Gasteiger partial charge in [-0.05, 0) is 18.2 Å². The summed E-state index contributed by atoms with van der Waals surface area (Å²) >= 11 is 11.6. The molecule has 0 saturated carbocycles. The van der Waals surface area contributed by atoms with Gasteiger partial charge in [0.25, 0.3) is 5.91 Å². The highest BCUT2D eigenvalue weighted by Crippen LogP contribution is 2.22. The summed E-state index contributed by atoms with van der Waals surface area (Å²) in [5, 5.41) is 9.68. The minimum absolute atomic E-state index is 0.171. The molecule has 2 N–H and O–H groups in total. The van der Waals surface area contributed by atoms with Crippen LogP contribution in [0.1, 0.15) is 10.4 Å². The van der Waals surface area contributed by atoms with Crippen LogP contribution in [0.4, 0.5) is 5.82 Å². The Morgan fingerprint density at radius 1 is 1.24 bits per heavy atom. The first-order valence-corrected chi connectivity index (χ1v) is 6.74. The van der Waals surface area contributed by atoms with Gasteiger partial charge in [-0.1, -0.05) is 23.2 Å². The van der Waals surface area contributed by atoms with E-state index in [1.165, 1.54) is 18.2 Å². The minimum Gasteiger partial charge on any atom is -0.343 e. The van der Waals surface area contributed by atoms with E-state index in [1.54, 1.807) is 24.0 Å². The Bertz CT molecular complexity index is 685. The number of anilines is 1. The van der Waals surface area contributed by atoms with Crippen LogP contribution in [0.2, 0.25) is 10.0 Å². The first-order valence-electron chi connectivity index (χ1n) is 5.98. The summed E-state index contributed by atoms with van der Waals surface area (Å²) in [4.78, 5) is 23.5. The van der Waals surface area contributed by atoms with E-state index in [4.69, 9.17) is 23.2 Å². The van der Waals surface area contributed by atoms with Gasteiger partial charge in [0.2, 0.25) is 5.91 Å². The molecule has 1 aromatic heterocycles. The van der Waals surface area contributed by atoms with Gasteiger partial charge in [0, 0.05) is 24.9 Å². The summed E-state index contributed by atoms with van der Waals surface area (Å²) in [6.45, 7) is -0.171. The molecule has 2 aromatic rings. The summed E-state index contributed by atoms with van der Waals surface area (Å²) in [5.74, 6) is -0.363. The molecule has 110 valence electrons. The molecule has 1 aromatic carbocycles. The Morgan fingerprint density at radius 3 is 2.62 bits per heavy atom. The van der Waals surface area contributed by atoms with Crippen molar-refractivity contribution in [3.63, 3.8) is 0 Å². The zero-order chi connectivity index (χ0) is 15.4. The predicted molar refractivity (Wildman–Crippen MR) is 80.6 cm³/mol. The van der Waals surface area contributed by atoms with Gasteiger partial charge >= 0.3 is 0 Å². The van der Waals surface area contributed by atoms with E-state index in [1.807, 2.05) is 0 Å². The van der Waals surface area contributed by atoms with Gasteiger partial charge < -0.3 is 10.6 Å². The smallest absolute Gasteiger partial charge is 0.251 e. The fraction of sp³-hybridized carbons (Fsp3) is 0.154. The molecule has 6 nitrogen and oxygen atoms in total. The van der Waals surface area contributed by atoms with Gasteiger partial charge in [-0.25, -0.2) is 0 Å². The van der Waals surface area contributed by atoms with Crippen LogP contribution in [-0.2, 0) is 11.8 Å². The quantitative estimate of drug-likeness (QED) is 0.903. The Kier molecular flexibility index (Phi) is 4.82. The number of nitrogens with zero attached hydrogens (tertiary/aromatic N) is 2. The van der Waals surface area contributed by atoms with Crippen LogP contribution in [0.3, 0.4) is 0 Å². The van der Waals surface area contributed by atoms with Crippen molar-refractivity contribution in [3.05, 3.63) is 46.1 Å². The highest BCUT2D eigenvalue weighted by molar-refractivity contribution is 6.42. The van der Waals surface area contributed by atoms with Crippen LogP contribution in [0.25, 0.3) is 0 Å². The van der Waals surface area contributed by atoms with Crippen LogP contribution in [-0.4, -0.2) is 28.1 Å². The zero-order valence-corrected chi connectivity index (χ0v) is 12.6. The molecule has 0 saturated heterocycles. The lowest BCUT2D eigenvalue weighted by molar-refractivity contribution is -0.115. The molecular formula is C13H12Cl2N4O2. The molecule has 8 heteroatoms. The Hall–Kier alpha value is -2.05. The fourth-order valence-electron chi connectivity index (χ4n) is 1.57. The zero-order valence-electron chi connectivity index (χ0n) is 11.1. The van der Waals surface area contributed by atoms with Crippen LogP contribution >= 0.6 is 23.2 Å². The summed E-state index contributed by atoms with van der Waals surface area (Å²) in [7, 11) is 1.74. The van der Waals surface area contributed by atoms with E-state index >= 15 is 0 Å². The third kappa shape index (κ3) is 4.21.